The summed E-state index contributed by atoms with van der Waals surface area (Å²) in [5, 5.41) is 13.4. The Morgan fingerprint density at radius 3 is 1.96 bits per heavy atom. The van der Waals surface area contributed by atoms with E-state index < -0.39 is 29.5 Å². The zero-order valence-electron chi connectivity index (χ0n) is 15.6. The van der Waals surface area contributed by atoms with Crippen molar-refractivity contribution in [3.05, 3.63) is 0 Å². The molecule has 8 nitrogen and oxygen atoms in total. The van der Waals surface area contributed by atoms with Gasteiger partial charge in [-0.1, -0.05) is 0 Å². The SMILES string of the molecule is CN1[C@H]2[C@@H](CN1C(=O)OC(C)(C)C)N(C(=O)OC(C)(C)C)C[C@@H]2O. The lowest BCUT2D eigenvalue weighted by molar-refractivity contribution is -0.0426. The van der Waals surface area contributed by atoms with Gasteiger partial charge >= 0.3 is 12.2 Å². The second kappa shape index (κ2) is 6.07. The molecule has 2 aliphatic rings. The van der Waals surface area contributed by atoms with Crippen LogP contribution in [0.1, 0.15) is 41.5 Å². The van der Waals surface area contributed by atoms with Gasteiger partial charge in [-0.2, -0.15) is 0 Å². The van der Waals surface area contributed by atoms with E-state index in [1.165, 1.54) is 9.91 Å². The molecule has 0 saturated carbocycles. The van der Waals surface area contributed by atoms with Crippen LogP contribution in [0.2, 0.25) is 0 Å². The predicted molar refractivity (Wildman–Crippen MR) is 87.2 cm³/mol. The van der Waals surface area contributed by atoms with Crippen molar-refractivity contribution in [2.24, 2.45) is 0 Å². The van der Waals surface area contributed by atoms with E-state index in [1.807, 2.05) is 0 Å². The Morgan fingerprint density at radius 2 is 1.46 bits per heavy atom. The maximum atomic E-state index is 12.4. The number of fused-ring (bicyclic) bond motifs is 1. The molecule has 24 heavy (non-hydrogen) atoms. The maximum absolute atomic E-state index is 12.4. The zero-order valence-corrected chi connectivity index (χ0v) is 15.6. The van der Waals surface area contributed by atoms with Crippen molar-refractivity contribution in [1.29, 1.82) is 0 Å². The van der Waals surface area contributed by atoms with Crippen LogP contribution in [0, 0.1) is 0 Å². The molecule has 0 aromatic heterocycles. The van der Waals surface area contributed by atoms with E-state index in [4.69, 9.17) is 9.47 Å². The van der Waals surface area contributed by atoms with Crippen LogP contribution in [-0.2, 0) is 9.47 Å². The Labute approximate surface area is 143 Å². The van der Waals surface area contributed by atoms with Crippen molar-refractivity contribution in [2.75, 3.05) is 20.1 Å². The fraction of sp³-hybridized carbons (Fsp3) is 0.875. The van der Waals surface area contributed by atoms with Gasteiger partial charge < -0.3 is 14.6 Å². The highest BCUT2D eigenvalue weighted by Gasteiger charge is 2.54. The third-order valence-electron chi connectivity index (χ3n) is 3.98. The molecule has 2 fully saturated rings. The number of ether oxygens (including phenoxy) is 2. The molecular formula is C16H29N3O5. The van der Waals surface area contributed by atoms with Crippen molar-refractivity contribution in [3.63, 3.8) is 0 Å². The third kappa shape index (κ3) is 3.92. The van der Waals surface area contributed by atoms with Gasteiger partial charge in [-0.05, 0) is 41.5 Å². The molecule has 2 saturated heterocycles. The molecule has 0 aromatic rings. The second-order valence-corrected chi connectivity index (χ2v) is 8.39. The molecule has 8 heteroatoms. The van der Waals surface area contributed by atoms with Gasteiger partial charge in [0.15, 0.2) is 0 Å². The summed E-state index contributed by atoms with van der Waals surface area (Å²) in [5.74, 6) is 0. The third-order valence-corrected chi connectivity index (χ3v) is 3.98. The Hall–Kier alpha value is -1.54. The van der Waals surface area contributed by atoms with Crippen molar-refractivity contribution < 1.29 is 24.2 Å². The molecule has 0 unspecified atom stereocenters. The van der Waals surface area contributed by atoms with Crippen LogP contribution in [0.5, 0.6) is 0 Å². The van der Waals surface area contributed by atoms with E-state index in [2.05, 4.69) is 0 Å². The van der Waals surface area contributed by atoms with Crippen LogP contribution in [0.4, 0.5) is 9.59 Å². The summed E-state index contributed by atoms with van der Waals surface area (Å²) in [6.07, 6.45) is -1.72. The number of β-amino-alcohol motifs (C(OH)–C–C–N with tert-alkyl or cyclic N) is 1. The number of nitrogens with zero attached hydrogens (tertiary/aromatic N) is 3. The van der Waals surface area contributed by atoms with Gasteiger partial charge in [0, 0.05) is 7.05 Å². The van der Waals surface area contributed by atoms with E-state index in [-0.39, 0.29) is 25.2 Å². The molecule has 2 amide bonds. The van der Waals surface area contributed by atoms with Gasteiger partial charge in [0.1, 0.15) is 11.2 Å². The Morgan fingerprint density at radius 1 is 0.958 bits per heavy atom. The van der Waals surface area contributed by atoms with Gasteiger partial charge in [0.05, 0.1) is 31.3 Å². The molecule has 0 bridgehead atoms. The normalized spacial score (nSPS) is 28.1. The van der Waals surface area contributed by atoms with E-state index in [0.717, 1.165) is 0 Å². The highest BCUT2D eigenvalue weighted by Crippen LogP contribution is 2.32. The Kier molecular flexibility index (Phi) is 4.76. The number of hydrazine groups is 1. The summed E-state index contributed by atoms with van der Waals surface area (Å²) in [4.78, 5) is 26.3. The van der Waals surface area contributed by atoms with Gasteiger partial charge in [-0.25, -0.2) is 19.6 Å². The predicted octanol–water partition coefficient (Wildman–Crippen LogP) is 1.43. The molecular weight excluding hydrogens is 314 g/mol. The first-order valence-electron chi connectivity index (χ1n) is 8.21. The van der Waals surface area contributed by atoms with E-state index >= 15 is 0 Å². The summed E-state index contributed by atoms with van der Waals surface area (Å²) in [7, 11) is 1.72. The van der Waals surface area contributed by atoms with Crippen LogP contribution in [0.3, 0.4) is 0 Å². The Bertz CT molecular complexity index is 511. The van der Waals surface area contributed by atoms with Crippen LogP contribution in [-0.4, -0.2) is 81.7 Å². The molecule has 2 rings (SSSR count). The summed E-state index contributed by atoms with van der Waals surface area (Å²) < 4.78 is 10.8. The number of likely N-dealkylation sites (N-methyl/N-ethyl adjacent to an activating group) is 1. The molecule has 0 radical (unpaired) electrons. The fourth-order valence-electron chi connectivity index (χ4n) is 3.11. The first-order chi connectivity index (χ1) is 10.8. The largest absolute Gasteiger partial charge is 0.444 e. The highest BCUT2D eigenvalue weighted by atomic mass is 16.6. The average molecular weight is 343 g/mol. The standard InChI is InChI=1S/C16H29N3O5/c1-15(2,3)23-13(21)18-9-11(20)12-10(18)8-19(17(12)7)14(22)24-16(4,5)6/h10-12,20H,8-9H2,1-7H3/t10-,11+,12+/m1/s1. The average Bonchev–Trinajstić information content (AvgIpc) is 2.84. The summed E-state index contributed by atoms with van der Waals surface area (Å²) in [6.45, 7) is 11.2. The van der Waals surface area contributed by atoms with Crippen LogP contribution < -0.4 is 0 Å². The fourth-order valence-corrected chi connectivity index (χ4v) is 3.11. The first-order valence-corrected chi connectivity index (χ1v) is 8.21. The number of carbonyl (C=O) groups excluding carboxylic acids is 2. The smallest absolute Gasteiger partial charge is 0.425 e. The van der Waals surface area contributed by atoms with Crippen LogP contribution >= 0.6 is 0 Å². The number of amides is 2. The maximum Gasteiger partial charge on any atom is 0.425 e. The molecule has 3 atom stereocenters. The number of likely N-dealkylation sites (tertiary alicyclic amines) is 1. The van der Waals surface area contributed by atoms with Gasteiger partial charge in [0.25, 0.3) is 0 Å². The molecule has 0 spiro atoms. The monoisotopic (exact) mass is 343 g/mol. The second-order valence-electron chi connectivity index (χ2n) is 8.39. The quantitative estimate of drug-likeness (QED) is 0.716. The van der Waals surface area contributed by atoms with Gasteiger partial charge in [0.2, 0.25) is 0 Å². The minimum atomic E-state index is -0.750. The van der Waals surface area contributed by atoms with Crippen LogP contribution in [0.25, 0.3) is 0 Å². The lowest BCUT2D eigenvalue weighted by Gasteiger charge is -2.31. The minimum absolute atomic E-state index is 0.191. The van der Waals surface area contributed by atoms with Crippen molar-refractivity contribution >= 4 is 12.2 Å². The number of hydrogen-bond donors (Lipinski definition) is 1. The molecule has 0 aliphatic carbocycles. The Balaban J connectivity index is 2.13. The number of aliphatic hydroxyl groups excluding tert-OH is 1. The van der Waals surface area contributed by atoms with E-state index in [0.29, 0.717) is 0 Å². The molecule has 2 heterocycles. The molecule has 0 aromatic carbocycles. The molecule has 138 valence electrons. The van der Waals surface area contributed by atoms with E-state index in [1.54, 1.807) is 53.6 Å². The number of hydrogen-bond acceptors (Lipinski definition) is 6. The lowest BCUT2D eigenvalue weighted by Crippen LogP contribution is -2.47. The zero-order chi connectivity index (χ0) is 18.4. The summed E-state index contributed by atoms with van der Waals surface area (Å²) in [6, 6.07) is -0.683. The van der Waals surface area contributed by atoms with Crippen LogP contribution in [0.15, 0.2) is 0 Å². The van der Waals surface area contributed by atoms with E-state index in [9.17, 15) is 14.7 Å². The lowest BCUT2D eigenvalue weighted by atomic mass is 10.1. The van der Waals surface area contributed by atoms with Crippen molar-refractivity contribution in [1.82, 2.24) is 14.9 Å². The summed E-state index contributed by atoms with van der Waals surface area (Å²) >= 11 is 0. The molecule has 2 aliphatic heterocycles. The first kappa shape index (κ1) is 18.8. The number of carbonyl (C=O) groups is 2. The number of aliphatic hydroxyl groups is 1. The van der Waals surface area contributed by atoms with Gasteiger partial charge in [-0.3, -0.25) is 4.90 Å². The summed E-state index contributed by atoms with van der Waals surface area (Å²) in [5.41, 5.74) is -1.23. The van der Waals surface area contributed by atoms with Crippen molar-refractivity contribution in [3.8, 4) is 0 Å². The minimum Gasteiger partial charge on any atom is -0.444 e. The highest BCUT2D eigenvalue weighted by molar-refractivity contribution is 5.71. The van der Waals surface area contributed by atoms with Gasteiger partial charge in [-0.15, -0.1) is 0 Å². The molecule has 1 N–H and O–H groups in total. The number of rotatable bonds is 0. The van der Waals surface area contributed by atoms with Crippen molar-refractivity contribution in [2.45, 2.75) is 70.9 Å². The topological polar surface area (TPSA) is 82.6 Å².